The largest absolute Gasteiger partial charge is 0.357 e. The Bertz CT molecular complexity index is 795. The lowest BCUT2D eigenvalue weighted by molar-refractivity contribution is 1.09. The van der Waals surface area contributed by atoms with Crippen molar-refractivity contribution in [1.82, 2.24) is 15.2 Å². The minimum absolute atomic E-state index is 0.427. The first-order chi connectivity index (χ1) is 10.8. The van der Waals surface area contributed by atoms with E-state index in [1.165, 1.54) is 5.56 Å². The Morgan fingerprint density at radius 2 is 1.82 bits per heavy atom. The number of aromatic nitrogens is 3. The molecule has 2 aromatic heterocycles. The van der Waals surface area contributed by atoms with Crippen LogP contribution in [0.25, 0.3) is 22.4 Å². The molecule has 108 valence electrons. The van der Waals surface area contributed by atoms with Gasteiger partial charge < -0.3 is 5.32 Å². The lowest BCUT2D eigenvalue weighted by Gasteiger charge is -2.07. The van der Waals surface area contributed by atoms with Crippen molar-refractivity contribution in [2.45, 2.75) is 6.92 Å². The van der Waals surface area contributed by atoms with Gasteiger partial charge in [0, 0.05) is 18.0 Å². The Hall–Kier alpha value is -3.06. The lowest BCUT2D eigenvalue weighted by atomic mass is 10.0. The highest BCUT2D eigenvalue weighted by molar-refractivity contribution is 5.88. The van der Waals surface area contributed by atoms with Crippen molar-refractivity contribution in [3.63, 3.8) is 0 Å². The number of nitrogens with one attached hydrogen (secondary N) is 2. The van der Waals surface area contributed by atoms with Crippen molar-refractivity contribution in [1.29, 1.82) is 0 Å². The smallest absolute Gasteiger partial charge is 0.157 e. The third-order valence-electron chi connectivity index (χ3n) is 3.43. The quantitative estimate of drug-likeness (QED) is 0.723. The molecule has 1 aromatic carbocycles. The molecule has 0 unspecified atom stereocenters. The number of H-pyrrole nitrogens is 1. The molecule has 0 fully saturated rings. The van der Waals surface area contributed by atoms with Crippen LogP contribution in [0.15, 0.2) is 48.8 Å². The van der Waals surface area contributed by atoms with Gasteiger partial charge in [-0.3, -0.25) is 10.1 Å². The summed E-state index contributed by atoms with van der Waals surface area (Å²) in [6.45, 7) is 2.50. The number of terminal acetylenes is 1. The van der Waals surface area contributed by atoms with Gasteiger partial charge in [-0.15, -0.1) is 6.42 Å². The van der Waals surface area contributed by atoms with Gasteiger partial charge in [-0.25, -0.2) is 0 Å². The highest BCUT2D eigenvalue weighted by Crippen LogP contribution is 2.35. The van der Waals surface area contributed by atoms with Gasteiger partial charge in [-0.1, -0.05) is 35.7 Å². The Morgan fingerprint density at radius 1 is 1.09 bits per heavy atom. The van der Waals surface area contributed by atoms with Gasteiger partial charge in [0.2, 0.25) is 0 Å². The Kier molecular flexibility index (Phi) is 3.88. The molecule has 0 atom stereocenters. The summed E-state index contributed by atoms with van der Waals surface area (Å²) >= 11 is 0. The summed E-state index contributed by atoms with van der Waals surface area (Å²) in [7, 11) is 0. The summed E-state index contributed by atoms with van der Waals surface area (Å²) in [6, 6.07) is 12.3. The topological polar surface area (TPSA) is 53.6 Å². The number of pyridine rings is 1. The number of hydrogen-bond acceptors (Lipinski definition) is 3. The van der Waals surface area contributed by atoms with Crippen LogP contribution in [0.3, 0.4) is 0 Å². The van der Waals surface area contributed by atoms with E-state index in [1.807, 2.05) is 12.1 Å². The van der Waals surface area contributed by atoms with Crippen molar-refractivity contribution in [2.75, 3.05) is 11.9 Å². The fourth-order valence-corrected chi connectivity index (χ4v) is 2.33. The van der Waals surface area contributed by atoms with Crippen LogP contribution in [0.2, 0.25) is 0 Å². The van der Waals surface area contributed by atoms with Crippen molar-refractivity contribution >= 4 is 5.82 Å². The standard InChI is InChI=1S/C18H16N4/c1-3-10-20-18-16(14-8-11-19-12-9-14)17(21-22-18)15-6-4-13(2)5-7-15/h1,4-9,11-12H,10H2,2H3,(H2,20,21,22). The first kappa shape index (κ1) is 13.9. The molecule has 0 amide bonds. The second-order valence-corrected chi connectivity index (χ2v) is 4.98. The summed E-state index contributed by atoms with van der Waals surface area (Å²) in [4.78, 5) is 4.08. The number of aryl methyl sites for hydroxylation is 1. The highest BCUT2D eigenvalue weighted by Gasteiger charge is 2.16. The van der Waals surface area contributed by atoms with Gasteiger partial charge in [0.05, 0.1) is 17.8 Å². The molecule has 0 radical (unpaired) electrons. The van der Waals surface area contributed by atoms with E-state index in [4.69, 9.17) is 6.42 Å². The lowest BCUT2D eigenvalue weighted by Crippen LogP contribution is -2.00. The third kappa shape index (κ3) is 2.70. The zero-order valence-electron chi connectivity index (χ0n) is 12.3. The molecule has 3 rings (SSSR count). The van der Waals surface area contributed by atoms with Crippen LogP contribution in [-0.2, 0) is 0 Å². The maximum atomic E-state index is 5.34. The molecular formula is C18H16N4. The number of benzene rings is 1. The average molecular weight is 288 g/mol. The molecule has 0 spiro atoms. The van der Waals surface area contributed by atoms with E-state index in [0.717, 1.165) is 28.2 Å². The third-order valence-corrected chi connectivity index (χ3v) is 3.43. The van der Waals surface area contributed by atoms with E-state index >= 15 is 0 Å². The first-order valence-corrected chi connectivity index (χ1v) is 7.02. The summed E-state index contributed by atoms with van der Waals surface area (Å²) in [5.41, 5.74) is 5.31. The van der Waals surface area contributed by atoms with Gasteiger partial charge in [-0.05, 0) is 24.6 Å². The van der Waals surface area contributed by atoms with E-state index in [1.54, 1.807) is 12.4 Å². The van der Waals surface area contributed by atoms with Crippen LogP contribution in [0.4, 0.5) is 5.82 Å². The summed E-state index contributed by atoms with van der Waals surface area (Å²) in [5, 5.41) is 10.7. The second-order valence-electron chi connectivity index (χ2n) is 4.98. The number of nitrogens with zero attached hydrogens (tertiary/aromatic N) is 2. The first-order valence-electron chi connectivity index (χ1n) is 7.02. The van der Waals surface area contributed by atoms with Gasteiger partial charge >= 0.3 is 0 Å². The van der Waals surface area contributed by atoms with Crippen molar-refractivity contribution in [3.05, 3.63) is 54.4 Å². The van der Waals surface area contributed by atoms with E-state index in [-0.39, 0.29) is 0 Å². The zero-order valence-corrected chi connectivity index (χ0v) is 12.3. The van der Waals surface area contributed by atoms with E-state index < -0.39 is 0 Å². The van der Waals surface area contributed by atoms with Crippen LogP contribution in [0.5, 0.6) is 0 Å². The molecule has 0 bridgehead atoms. The normalized spacial score (nSPS) is 10.2. The highest BCUT2D eigenvalue weighted by atomic mass is 15.2. The monoisotopic (exact) mass is 288 g/mol. The van der Waals surface area contributed by atoms with Gasteiger partial charge in [0.15, 0.2) is 5.82 Å². The van der Waals surface area contributed by atoms with Crippen molar-refractivity contribution in [2.24, 2.45) is 0 Å². The number of anilines is 1. The molecular weight excluding hydrogens is 272 g/mol. The van der Waals surface area contributed by atoms with E-state index in [9.17, 15) is 0 Å². The second kappa shape index (κ2) is 6.15. The minimum atomic E-state index is 0.427. The molecule has 2 N–H and O–H groups in total. The molecule has 0 aliphatic carbocycles. The van der Waals surface area contributed by atoms with Gasteiger partial charge in [0.25, 0.3) is 0 Å². The number of hydrogen-bond donors (Lipinski definition) is 2. The molecule has 2 heterocycles. The predicted molar refractivity (Wildman–Crippen MR) is 89.3 cm³/mol. The molecule has 22 heavy (non-hydrogen) atoms. The fourth-order valence-electron chi connectivity index (χ4n) is 2.33. The summed E-state index contributed by atoms with van der Waals surface area (Å²) in [6.07, 6.45) is 8.88. The number of aromatic amines is 1. The maximum absolute atomic E-state index is 5.34. The predicted octanol–water partition coefficient (Wildman–Crippen LogP) is 3.49. The van der Waals surface area contributed by atoms with E-state index in [0.29, 0.717) is 6.54 Å². The van der Waals surface area contributed by atoms with Gasteiger partial charge in [0.1, 0.15) is 0 Å². The van der Waals surface area contributed by atoms with Crippen molar-refractivity contribution < 1.29 is 0 Å². The van der Waals surface area contributed by atoms with Crippen LogP contribution in [-0.4, -0.2) is 21.7 Å². The molecule has 0 saturated carbocycles. The zero-order chi connectivity index (χ0) is 15.4. The van der Waals surface area contributed by atoms with Crippen LogP contribution < -0.4 is 5.32 Å². The maximum Gasteiger partial charge on any atom is 0.157 e. The minimum Gasteiger partial charge on any atom is -0.357 e. The molecule has 4 heteroatoms. The van der Waals surface area contributed by atoms with Crippen molar-refractivity contribution in [3.8, 4) is 34.7 Å². The average Bonchev–Trinajstić information content (AvgIpc) is 2.98. The Morgan fingerprint density at radius 3 is 2.50 bits per heavy atom. The fraction of sp³-hybridized carbons (Fsp3) is 0.111. The number of rotatable bonds is 4. The van der Waals surface area contributed by atoms with E-state index in [2.05, 4.69) is 57.6 Å². The Balaban J connectivity index is 2.12. The summed E-state index contributed by atoms with van der Waals surface area (Å²) in [5.74, 6) is 3.32. The Labute approximate surface area is 129 Å². The molecule has 4 nitrogen and oxygen atoms in total. The SMILES string of the molecule is C#CCNc1n[nH]c(-c2ccc(C)cc2)c1-c1ccncc1. The van der Waals surface area contributed by atoms with Gasteiger partial charge in [-0.2, -0.15) is 5.10 Å². The molecule has 3 aromatic rings. The van der Waals surface area contributed by atoms with Crippen LogP contribution in [0.1, 0.15) is 5.56 Å². The van der Waals surface area contributed by atoms with Crippen LogP contribution in [0, 0.1) is 19.3 Å². The molecule has 0 saturated heterocycles. The molecule has 0 aliphatic rings. The molecule has 0 aliphatic heterocycles. The van der Waals surface area contributed by atoms with Crippen LogP contribution >= 0.6 is 0 Å². The summed E-state index contributed by atoms with van der Waals surface area (Å²) < 4.78 is 0.